The van der Waals surface area contributed by atoms with Gasteiger partial charge in [-0.15, -0.1) is 0 Å². The monoisotopic (exact) mass is 358 g/mol. The van der Waals surface area contributed by atoms with Crippen molar-refractivity contribution >= 4 is 0 Å². The third-order valence-electron chi connectivity index (χ3n) is 5.42. The molecule has 0 aliphatic rings. The molecule has 0 aliphatic carbocycles. The molecule has 0 spiro atoms. The number of nitrogens with zero attached hydrogens (tertiary/aromatic N) is 1. The Labute approximate surface area is 164 Å². The minimum atomic E-state index is 0.139. The smallest absolute Gasteiger partial charge is 0.201 e. The maximum absolute atomic E-state index is 2.34. The summed E-state index contributed by atoms with van der Waals surface area (Å²) in [6, 6.07) is 20.3. The van der Waals surface area contributed by atoms with E-state index in [1.54, 1.807) is 0 Å². The number of hydrogen-bond donors (Lipinski definition) is 0. The summed E-state index contributed by atoms with van der Waals surface area (Å²) in [4.78, 5) is 0. The zero-order valence-corrected chi connectivity index (χ0v) is 17.8. The maximum Gasteiger partial charge on any atom is 0.212 e. The molecule has 0 bridgehead atoms. The van der Waals surface area contributed by atoms with Crippen LogP contribution in [0.2, 0.25) is 0 Å². The predicted molar refractivity (Wildman–Crippen MR) is 116 cm³/mol. The van der Waals surface area contributed by atoms with Gasteiger partial charge in [-0.05, 0) is 52.1 Å². The first-order valence-corrected chi connectivity index (χ1v) is 9.88. The van der Waals surface area contributed by atoms with Crippen LogP contribution in [0, 0.1) is 6.92 Å². The molecule has 3 rings (SSSR count). The highest BCUT2D eigenvalue weighted by Crippen LogP contribution is 2.31. The minimum Gasteiger partial charge on any atom is -0.201 e. The van der Waals surface area contributed by atoms with E-state index >= 15 is 0 Å². The summed E-state index contributed by atoms with van der Waals surface area (Å²) in [6.45, 7) is 13.5. The van der Waals surface area contributed by atoms with Crippen molar-refractivity contribution in [2.24, 2.45) is 7.05 Å². The van der Waals surface area contributed by atoms with Crippen LogP contribution in [0.4, 0.5) is 0 Å². The van der Waals surface area contributed by atoms with E-state index in [2.05, 4.69) is 114 Å². The third kappa shape index (κ3) is 4.13. The van der Waals surface area contributed by atoms with Gasteiger partial charge in [0.25, 0.3) is 0 Å². The van der Waals surface area contributed by atoms with Gasteiger partial charge in [-0.25, -0.2) is 4.57 Å². The van der Waals surface area contributed by atoms with Crippen LogP contribution in [-0.2, 0) is 12.5 Å². The Kier molecular flexibility index (Phi) is 5.24. The van der Waals surface area contributed by atoms with E-state index in [0.717, 1.165) is 0 Å². The fourth-order valence-corrected chi connectivity index (χ4v) is 3.46. The molecule has 0 unspecified atom stereocenters. The Morgan fingerprint density at radius 2 is 1.56 bits per heavy atom. The Balaban J connectivity index is 2.14. The van der Waals surface area contributed by atoms with E-state index in [1.165, 1.54) is 39.1 Å². The molecule has 2 aromatic carbocycles. The average molecular weight is 359 g/mol. The molecule has 1 heterocycles. The lowest BCUT2D eigenvalue weighted by Crippen LogP contribution is -2.31. The summed E-state index contributed by atoms with van der Waals surface area (Å²) in [5, 5.41) is 0. The Hall–Kier alpha value is -2.41. The normalized spacial score (nSPS) is 11.9. The molecule has 0 fully saturated rings. The molecule has 0 amide bonds. The zero-order chi connectivity index (χ0) is 19.8. The van der Waals surface area contributed by atoms with Crippen LogP contribution in [0.3, 0.4) is 0 Å². The van der Waals surface area contributed by atoms with Crippen molar-refractivity contribution < 1.29 is 4.57 Å². The number of hydrogen-bond acceptors (Lipinski definition) is 0. The van der Waals surface area contributed by atoms with Crippen LogP contribution in [0.25, 0.3) is 22.4 Å². The van der Waals surface area contributed by atoms with Crippen LogP contribution >= 0.6 is 0 Å². The summed E-state index contributed by atoms with van der Waals surface area (Å²) < 4.78 is 2.23. The van der Waals surface area contributed by atoms with Crippen LogP contribution < -0.4 is 4.57 Å². The van der Waals surface area contributed by atoms with E-state index < -0.39 is 0 Å². The lowest BCUT2D eigenvalue weighted by atomic mass is 9.86. The topological polar surface area (TPSA) is 3.88 Å². The Morgan fingerprint density at radius 3 is 2.22 bits per heavy atom. The highest BCUT2D eigenvalue weighted by molar-refractivity contribution is 5.73. The van der Waals surface area contributed by atoms with Crippen molar-refractivity contribution in [1.82, 2.24) is 0 Å². The minimum absolute atomic E-state index is 0.139. The van der Waals surface area contributed by atoms with Crippen molar-refractivity contribution in [3.05, 3.63) is 77.5 Å². The molecule has 0 N–H and O–H groups in total. The average Bonchev–Trinajstić information content (AvgIpc) is 2.62. The Bertz CT molecular complexity index is 958. The van der Waals surface area contributed by atoms with Gasteiger partial charge in [-0.3, -0.25) is 0 Å². The van der Waals surface area contributed by atoms with Crippen molar-refractivity contribution in [3.8, 4) is 22.4 Å². The summed E-state index contributed by atoms with van der Waals surface area (Å²) in [5.41, 5.74) is 9.33. The molecule has 1 aromatic heterocycles. The van der Waals surface area contributed by atoms with Crippen molar-refractivity contribution in [3.63, 3.8) is 0 Å². The lowest BCUT2D eigenvalue weighted by Gasteiger charge is -2.19. The molecule has 0 saturated heterocycles. The van der Waals surface area contributed by atoms with E-state index in [9.17, 15) is 0 Å². The van der Waals surface area contributed by atoms with Gasteiger partial charge >= 0.3 is 0 Å². The van der Waals surface area contributed by atoms with Gasteiger partial charge in [0, 0.05) is 17.7 Å². The van der Waals surface area contributed by atoms with Crippen molar-refractivity contribution in [2.45, 2.75) is 52.9 Å². The second kappa shape index (κ2) is 7.31. The molecule has 140 valence electrons. The van der Waals surface area contributed by atoms with E-state index in [-0.39, 0.29) is 5.41 Å². The number of aromatic nitrogens is 1. The molecular formula is C26H32N+. The standard InChI is InChI=1S/C26H32N/c1-18(2)20-9-8-10-21(15-20)22-12-11-19(3)24(16-22)25-17-23(26(4,5)6)13-14-27(25)7/h8-18H,1-7H3/q+1. The number of benzene rings is 2. The van der Waals surface area contributed by atoms with Crippen LogP contribution in [0.1, 0.15) is 57.2 Å². The molecule has 0 atom stereocenters. The first-order valence-electron chi connectivity index (χ1n) is 9.88. The molecule has 0 aliphatic heterocycles. The van der Waals surface area contributed by atoms with Crippen molar-refractivity contribution in [1.29, 1.82) is 0 Å². The summed E-state index contributed by atoms with van der Waals surface area (Å²) >= 11 is 0. The quantitative estimate of drug-likeness (QED) is 0.466. The number of rotatable bonds is 3. The first-order chi connectivity index (χ1) is 12.7. The molecule has 3 aromatic rings. The highest BCUT2D eigenvalue weighted by Gasteiger charge is 2.20. The van der Waals surface area contributed by atoms with Gasteiger partial charge in [0.15, 0.2) is 6.20 Å². The van der Waals surface area contributed by atoms with Crippen LogP contribution in [-0.4, -0.2) is 0 Å². The summed E-state index contributed by atoms with van der Waals surface area (Å²) in [7, 11) is 2.13. The van der Waals surface area contributed by atoms with E-state index in [1.807, 2.05) is 0 Å². The highest BCUT2D eigenvalue weighted by atomic mass is 14.9. The molecule has 1 nitrogen and oxygen atoms in total. The first kappa shape index (κ1) is 19.4. The van der Waals surface area contributed by atoms with Gasteiger partial charge in [0.2, 0.25) is 5.69 Å². The lowest BCUT2D eigenvalue weighted by molar-refractivity contribution is -0.660. The molecule has 1 heteroatoms. The fourth-order valence-electron chi connectivity index (χ4n) is 3.46. The second-order valence-corrected chi connectivity index (χ2v) is 8.97. The van der Waals surface area contributed by atoms with Gasteiger partial charge in [-0.1, -0.05) is 71.0 Å². The van der Waals surface area contributed by atoms with E-state index in [0.29, 0.717) is 5.92 Å². The SMILES string of the molecule is Cc1ccc(-c2cccc(C(C)C)c2)cc1-c1cc(C(C)(C)C)cc[n+]1C. The number of pyridine rings is 1. The fraction of sp³-hybridized carbons (Fsp3) is 0.346. The second-order valence-electron chi connectivity index (χ2n) is 8.97. The van der Waals surface area contributed by atoms with Gasteiger partial charge in [0.05, 0.1) is 0 Å². The Morgan fingerprint density at radius 1 is 0.852 bits per heavy atom. The largest absolute Gasteiger partial charge is 0.212 e. The van der Waals surface area contributed by atoms with Crippen LogP contribution in [0.15, 0.2) is 60.8 Å². The molecule has 0 saturated carbocycles. The van der Waals surface area contributed by atoms with Crippen molar-refractivity contribution in [2.75, 3.05) is 0 Å². The predicted octanol–water partition coefficient (Wildman–Crippen LogP) is 6.57. The number of aryl methyl sites for hydroxylation is 2. The van der Waals surface area contributed by atoms with E-state index in [4.69, 9.17) is 0 Å². The molecule has 0 radical (unpaired) electrons. The maximum atomic E-state index is 2.34. The molecular weight excluding hydrogens is 326 g/mol. The van der Waals surface area contributed by atoms with Gasteiger partial charge in [-0.2, -0.15) is 0 Å². The third-order valence-corrected chi connectivity index (χ3v) is 5.42. The summed E-state index contributed by atoms with van der Waals surface area (Å²) in [5.74, 6) is 0.538. The van der Waals surface area contributed by atoms with Gasteiger partial charge < -0.3 is 0 Å². The summed E-state index contributed by atoms with van der Waals surface area (Å²) in [6.07, 6.45) is 2.18. The van der Waals surface area contributed by atoms with Gasteiger partial charge in [0.1, 0.15) is 7.05 Å². The zero-order valence-electron chi connectivity index (χ0n) is 17.8. The molecule has 27 heavy (non-hydrogen) atoms. The van der Waals surface area contributed by atoms with Crippen LogP contribution in [0.5, 0.6) is 0 Å².